The van der Waals surface area contributed by atoms with Crippen LogP contribution in [0.4, 0.5) is 0 Å². The summed E-state index contributed by atoms with van der Waals surface area (Å²) in [5.41, 5.74) is 3.38. The molecule has 0 bridgehead atoms. The van der Waals surface area contributed by atoms with Crippen molar-refractivity contribution in [3.63, 3.8) is 0 Å². The molecule has 0 unspecified atom stereocenters. The summed E-state index contributed by atoms with van der Waals surface area (Å²) >= 11 is 0. The van der Waals surface area contributed by atoms with Gasteiger partial charge in [0.05, 0.1) is 13.2 Å². The fourth-order valence-electron chi connectivity index (χ4n) is 0.0577. The minimum Gasteiger partial charge on any atom is -0.390 e. The Labute approximate surface area is 36.4 Å². The summed E-state index contributed by atoms with van der Waals surface area (Å²) in [7, 11) is 0. The summed E-state index contributed by atoms with van der Waals surface area (Å²) in [5, 5.41) is 16.2. The van der Waals surface area contributed by atoms with Crippen molar-refractivity contribution in [2.75, 3.05) is 13.2 Å². The van der Waals surface area contributed by atoms with Gasteiger partial charge >= 0.3 is 0 Å². The number of aliphatic hydroxyl groups is 2. The standard InChI is InChI=1S/C3H9NO2/c4-3(1-5)2-6/h3,5-6H,1-2,4H2/p+1. The van der Waals surface area contributed by atoms with Crippen molar-refractivity contribution in [3.05, 3.63) is 0 Å². The van der Waals surface area contributed by atoms with E-state index < -0.39 is 0 Å². The van der Waals surface area contributed by atoms with Gasteiger partial charge in [-0.1, -0.05) is 0 Å². The van der Waals surface area contributed by atoms with Crippen LogP contribution in [0.15, 0.2) is 0 Å². The lowest BCUT2D eigenvalue weighted by Crippen LogP contribution is -2.64. The molecular weight excluding hydrogens is 82.0 g/mol. The highest BCUT2D eigenvalue weighted by Gasteiger charge is 1.96. The zero-order chi connectivity index (χ0) is 4.99. The van der Waals surface area contributed by atoms with Gasteiger partial charge in [-0.05, 0) is 0 Å². The van der Waals surface area contributed by atoms with Gasteiger partial charge in [0.25, 0.3) is 0 Å². The second-order valence-corrected chi connectivity index (χ2v) is 1.23. The molecular formula is C3H10NO2+. The summed E-state index contributed by atoms with van der Waals surface area (Å²) in [5.74, 6) is 0. The lowest BCUT2D eigenvalue weighted by molar-refractivity contribution is -0.430. The van der Waals surface area contributed by atoms with Crippen LogP contribution in [-0.4, -0.2) is 29.5 Å². The van der Waals surface area contributed by atoms with E-state index in [1.54, 1.807) is 0 Å². The molecule has 6 heavy (non-hydrogen) atoms. The Morgan fingerprint density at radius 1 is 1.33 bits per heavy atom. The molecule has 0 aromatic rings. The Morgan fingerprint density at radius 2 is 1.67 bits per heavy atom. The van der Waals surface area contributed by atoms with E-state index in [1.807, 2.05) is 0 Å². The van der Waals surface area contributed by atoms with Crippen LogP contribution in [0.3, 0.4) is 0 Å². The molecule has 0 aliphatic rings. The van der Waals surface area contributed by atoms with E-state index in [0.717, 1.165) is 0 Å². The van der Waals surface area contributed by atoms with Gasteiger partial charge in [0.1, 0.15) is 6.04 Å². The van der Waals surface area contributed by atoms with Crippen molar-refractivity contribution in [2.45, 2.75) is 6.04 Å². The SMILES string of the molecule is [NH3+]C(CO)CO. The number of quaternary nitrogens is 1. The van der Waals surface area contributed by atoms with Crippen molar-refractivity contribution in [1.29, 1.82) is 0 Å². The minimum absolute atomic E-state index is 0.0312. The zero-order valence-corrected chi connectivity index (χ0v) is 3.59. The molecule has 0 aliphatic carbocycles. The third kappa shape index (κ3) is 2.14. The molecule has 0 saturated carbocycles. The summed E-state index contributed by atoms with van der Waals surface area (Å²) in [6, 6.07) is -0.204. The molecule has 0 radical (unpaired) electrons. The maximum Gasteiger partial charge on any atom is 0.131 e. The first kappa shape index (κ1) is 5.88. The first-order valence-corrected chi connectivity index (χ1v) is 1.86. The Kier molecular flexibility index (Phi) is 3.02. The minimum atomic E-state index is -0.204. The summed E-state index contributed by atoms with van der Waals surface area (Å²) in [4.78, 5) is 0. The molecule has 0 heterocycles. The third-order valence-electron chi connectivity index (χ3n) is 0.516. The van der Waals surface area contributed by atoms with Crippen molar-refractivity contribution < 1.29 is 15.9 Å². The predicted octanol–water partition coefficient (Wildman–Crippen LogP) is -2.42. The fourth-order valence-corrected chi connectivity index (χ4v) is 0.0577. The van der Waals surface area contributed by atoms with E-state index in [2.05, 4.69) is 5.73 Å². The van der Waals surface area contributed by atoms with Crippen LogP contribution < -0.4 is 5.73 Å². The summed E-state index contributed by atoms with van der Waals surface area (Å²) < 4.78 is 0. The number of rotatable bonds is 2. The van der Waals surface area contributed by atoms with E-state index in [0.29, 0.717) is 0 Å². The highest BCUT2D eigenvalue weighted by atomic mass is 16.3. The van der Waals surface area contributed by atoms with Crippen molar-refractivity contribution in [2.24, 2.45) is 0 Å². The molecule has 0 amide bonds. The van der Waals surface area contributed by atoms with Gasteiger partial charge in [-0.3, -0.25) is 0 Å². The van der Waals surface area contributed by atoms with Gasteiger partial charge in [0.15, 0.2) is 0 Å². The van der Waals surface area contributed by atoms with E-state index >= 15 is 0 Å². The van der Waals surface area contributed by atoms with Crippen LogP contribution in [0, 0.1) is 0 Å². The highest BCUT2D eigenvalue weighted by molar-refractivity contribution is 4.41. The smallest absolute Gasteiger partial charge is 0.131 e. The quantitative estimate of drug-likeness (QED) is 0.355. The van der Waals surface area contributed by atoms with Gasteiger partial charge in [-0.15, -0.1) is 0 Å². The lowest BCUT2D eigenvalue weighted by Gasteiger charge is -1.94. The average molecular weight is 92.1 g/mol. The van der Waals surface area contributed by atoms with E-state index in [1.165, 1.54) is 0 Å². The third-order valence-corrected chi connectivity index (χ3v) is 0.516. The Bertz CT molecular complexity index is 28.0. The Balaban J connectivity index is 2.75. The molecule has 3 nitrogen and oxygen atoms in total. The Morgan fingerprint density at radius 3 is 1.67 bits per heavy atom. The molecule has 0 aromatic carbocycles. The van der Waals surface area contributed by atoms with Crippen LogP contribution in [0.1, 0.15) is 0 Å². The van der Waals surface area contributed by atoms with Crippen LogP contribution >= 0.6 is 0 Å². The molecule has 0 atom stereocenters. The van der Waals surface area contributed by atoms with Crippen molar-refractivity contribution in [3.8, 4) is 0 Å². The molecule has 38 valence electrons. The van der Waals surface area contributed by atoms with E-state index in [4.69, 9.17) is 10.2 Å². The average Bonchev–Trinajstić information content (AvgIpc) is 1.65. The molecule has 3 heteroatoms. The van der Waals surface area contributed by atoms with E-state index in [9.17, 15) is 0 Å². The topological polar surface area (TPSA) is 68.1 Å². The number of hydrogen-bond acceptors (Lipinski definition) is 2. The first-order valence-electron chi connectivity index (χ1n) is 1.86. The van der Waals surface area contributed by atoms with Gasteiger partial charge in [-0.25, -0.2) is 0 Å². The zero-order valence-electron chi connectivity index (χ0n) is 3.59. The van der Waals surface area contributed by atoms with Gasteiger partial charge < -0.3 is 15.9 Å². The van der Waals surface area contributed by atoms with Crippen LogP contribution in [-0.2, 0) is 0 Å². The maximum atomic E-state index is 8.11. The normalized spacial score (nSPS) is 10.0. The van der Waals surface area contributed by atoms with Crippen LogP contribution in [0.5, 0.6) is 0 Å². The maximum absolute atomic E-state index is 8.11. The molecule has 0 spiro atoms. The van der Waals surface area contributed by atoms with Crippen molar-refractivity contribution >= 4 is 0 Å². The predicted molar refractivity (Wildman–Crippen MR) is 20.8 cm³/mol. The largest absolute Gasteiger partial charge is 0.390 e. The monoisotopic (exact) mass is 92.1 g/mol. The molecule has 0 fully saturated rings. The summed E-state index contributed by atoms with van der Waals surface area (Å²) in [6.07, 6.45) is 0. The first-order chi connectivity index (χ1) is 2.81. The second-order valence-electron chi connectivity index (χ2n) is 1.23. The van der Waals surface area contributed by atoms with Gasteiger partial charge in [-0.2, -0.15) is 0 Å². The highest BCUT2D eigenvalue weighted by Crippen LogP contribution is 1.62. The molecule has 0 rings (SSSR count). The lowest BCUT2D eigenvalue weighted by atomic mass is 10.4. The molecule has 0 saturated heterocycles. The summed E-state index contributed by atoms with van der Waals surface area (Å²) in [6.45, 7) is -0.0625. The van der Waals surface area contributed by atoms with Crippen LogP contribution in [0.25, 0.3) is 0 Å². The molecule has 5 N–H and O–H groups in total. The fraction of sp³-hybridized carbons (Fsp3) is 1.00. The molecule has 0 aliphatic heterocycles. The Hall–Kier alpha value is -0.120. The van der Waals surface area contributed by atoms with Gasteiger partial charge in [0.2, 0.25) is 0 Å². The van der Waals surface area contributed by atoms with E-state index in [-0.39, 0.29) is 19.3 Å². The van der Waals surface area contributed by atoms with Crippen LogP contribution in [0.2, 0.25) is 0 Å². The number of hydrogen-bond donors (Lipinski definition) is 3. The second kappa shape index (κ2) is 3.08. The van der Waals surface area contributed by atoms with Crippen molar-refractivity contribution in [1.82, 2.24) is 0 Å². The molecule has 0 aromatic heterocycles. The van der Waals surface area contributed by atoms with Gasteiger partial charge in [0, 0.05) is 0 Å². The number of aliphatic hydroxyl groups excluding tert-OH is 2.